The number of carbonyl (C=O) groups is 1. The van der Waals surface area contributed by atoms with Gasteiger partial charge in [0.2, 0.25) is 0 Å². The van der Waals surface area contributed by atoms with Gasteiger partial charge in [-0.15, -0.1) is 0 Å². The number of hydrogen-bond donors (Lipinski definition) is 4. The molecule has 0 aliphatic rings. The van der Waals surface area contributed by atoms with E-state index in [1.807, 2.05) is 0 Å². The fourth-order valence-electron chi connectivity index (χ4n) is 0.613. The van der Waals surface area contributed by atoms with Crippen molar-refractivity contribution in [3.05, 3.63) is 0 Å². The SMILES string of the molecule is N[C@H](C=O)C[C@H](O)[C@H](O)CO. The zero-order chi connectivity index (χ0) is 8.85. The van der Waals surface area contributed by atoms with Crippen molar-refractivity contribution in [2.45, 2.75) is 24.7 Å². The van der Waals surface area contributed by atoms with Gasteiger partial charge in [-0.1, -0.05) is 0 Å². The highest BCUT2D eigenvalue weighted by atomic mass is 16.4. The first-order valence-corrected chi connectivity index (χ1v) is 3.29. The zero-order valence-corrected chi connectivity index (χ0v) is 6.05. The molecule has 5 heteroatoms. The normalized spacial score (nSPS) is 18.9. The van der Waals surface area contributed by atoms with Gasteiger partial charge in [0.25, 0.3) is 0 Å². The van der Waals surface area contributed by atoms with Gasteiger partial charge in [0.1, 0.15) is 12.4 Å². The molecule has 0 heterocycles. The van der Waals surface area contributed by atoms with Crippen LogP contribution in [0.25, 0.3) is 0 Å². The third-order valence-electron chi connectivity index (χ3n) is 1.32. The summed E-state index contributed by atoms with van der Waals surface area (Å²) >= 11 is 0. The Morgan fingerprint density at radius 3 is 2.27 bits per heavy atom. The second-order valence-electron chi connectivity index (χ2n) is 2.35. The van der Waals surface area contributed by atoms with Crippen LogP contribution in [-0.2, 0) is 4.79 Å². The van der Waals surface area contributed by atoms with Crippen molar-refractivity contribution in [1.82, 2.24) is 0 Å². The van der Waals surface area contributed by atoms with E-state index in [0.29, 0.717) is 6.29 Å². The fourth-order valence-corrected chi connectivity index (χ4v) is 0.613. The summed E-state index contributed by atoms with van der Waals surface area (Å²) in [6.07, 6.45) is -1.92. The van der Waals surface area contributed by atoms with Crippen LogP contribution in [0.5, 0.6) is 0 Å². The first kappa shape index (κ1) is 10.5. The molecule has 0 aromatic rings. The van der Waals surface area contributed by atoms with Gasteiger partial charge in [-0.25, -0.2) is 0 Å². The average molecular weight is 163 g/mol. The molecule has 0 aliphatic heterocycles. The molecule has 0 amide bonds. The van der Waals surface area contributed by atoms with E-state index in [-0.39, 0.29) is 6.42 Å². The zero-order valence-electron chi connectivity index (χ0n) is 6.05. The van der Waals surface area contributed by atoms with Crippen LogP contribution in [-0.4, -0.2) is 46.5 Å². The minimum absolute atomic E-state index is 0.0365. The number of aliphatic hydroxyl groups is 3. The van der Waals surface area contributed by atoms with Crippen molar-refractivity contribution in [3.63, 3.8) is 0 Å². The smallest absolute Gasteiger partial charge is 0.136 e. The van der Waals surface area contributed by atoms with Crippen LogP contribution in [0.4, 0.5) is 0 Å². The van der Waals surface area contributed by atoms with Crippen molar-refractivity contribution in [3.8, 4) is 0 Å². The van der Waals surface area contributed by atoms with Crippen molar-refractivity contribution in [2.24, 2.45) is 5.73 Å². The molecule has 3 atom stereocenters. The number of aliphatic hydroxyl groups excluding tert-OH is 3. The van der Waals surface area contributed by atoms with E-state index in [1.165, 1.54) is 0 Å². The summed E-state index contributed by atoms with van der Waals surface area (Å²) in [7, 11) is 0. The number of hydrogen-bond acceptors (Lipinski definition) is 5. The lowest BCUT2D eigenvalue weighted by atomic mass is 10.1. The molecule has 66 valence electrons. The maximum absolute atomic E-state index is 9.97. The molecule has 0 aromatic carbocycles. The lowest BCUT2D eigenvalue weighted by Gasteiger charge is -2.16. The van der Waals surface area contributed by atoms with Gasteiger partial charge in [-0.3, -0.25) is 0 Å². The van der Waals surface area contributed by atoms with Gasteiger partial charge in [-0.2, -0.15) is 0 Å². The quantitative estimate of drug-likeness (QED) is 0.339. The third-order valence-corrected chi connectivity index (χ3v) is 1.32. The predicted molar refractivity (Wildman–Crippen MR) is 37.8 cm³/mol. The summed E-state index contributed by atoms with van der Waals surface area (Å²) in [6.45, 7) is -0.535. The maximum Gasteiger partial charge on any atom is 0.136 e. The lowest BCUT2D eigenvalue weighted by Crippen LogP contribution is -2.36. The first-order chi connectivity index (χ1) is 5.11. The molecular weight excluding hydrogens is 150 g/mol. The Hall–Kier alpha value is -0.490. The van der Waals surface area contributed by atoms with E-state index >= 15 is 0 Å². The fraction of sp³-hybridized carbons (Fsp3) is 0.833. The summed E-state index contributed by atoms with van der Waals surface area (Å²) in [5, 5.41) is 26.1. The highest BCUT2D eigenvalue weighted by molar-refractivity contribution is 5.56. The summed E-state index contributed by atoms with van der Waals surface area (Å²) in [4.78, 5) is 9.97. The number of aldehydes is 1. The molecule has 5 N–H and O–H groups in total. The molecule has 0 aliphatic carbocycles. The third kappa shape index (κ3) is 4.05. The molecule has 5 nitrogen and oxygen atoms in total. The highest BCUT2D eigenvalue weighted by Crippen LogP contribution is 1.99. The topological polar surface area (TPSA) is 104 Å². The highest BCUT2D eigenvalue weighted by Gasteiger charge is 2.17. The van der Waals surface area contributed by atoms with Crippen molar-refractivity contribution < 1.29 is 20.1 Å². The van der Waals surface area contributed by atoms with E-state index in [4.69, 9.17) is 21.1 Å². The van der Waals surface area contributed by atoms with Crippen LogP contribution in [0.3, 0.4) is 0 Å². The van der Waals surface area contributed by atoms with E-state index in [0.717, 1.165) is 0 Å². The van der Waals surface area contributed by atoms with Crippen LogP contribution in [0.2, 0.25) is 0 Å². The summed E-state index contributed by atoms with van der Waals surface area (Å²) in [6, 6.07) is -0.786. The standard InChI is InChI=1S/C6H13NO4/c7-4(2-8)1-5(10)6(11)3-9/h2,4-6,9-11H,1,3,7H2/t4-,5-,6+/m0/s1. The van der Waals surface area contributed by atoms with E-state index in [1.54, 1.807) is 0 Å². The van der Waals surface area contributed by atoms with Crippen LogP contribution >= 0.6 is 0 Å². The molecule has 11 heavy (non-hydrogen) atoms. The van der Waals surface area contributed by atoms with Crippen LogP contribution < -0.4 is 5.73 Å². The van der Waals surface area contributed by atoms with E-state index < -0.39 is 24.9 Å². The second kappa shape index (κ2) is 5.20. The number of rotatable bonds is 5. The predicted octanol–water partition coefficient (Wildman–Crippen LogP) is -2.38. The summed E-state index contributed by atoms with van der Waals surface area (Å²) in [5.41, 5.74) is 5.15. The van der Waals surface area contributed by atoms with Gasteiger partial charge < -0.3 is 25.8 Å². The van der Waals surface area contributed by atoms with Crippen LogP contribution in [0, 0.1) is 0 Å². The van der Waals surface area contributed by atoms with Crippen molar-refractivity contribution in [2.75, 3.05) is 6.61 Å². The lowest BCUT2D eigenvalue weighted by molar-refractivity contribution is -0.110. The Kier molecular flexibility index (Phi) is 4.97. The molecular formula is C6H13NO4. The minimum Gasteiger partial charge on any atom is -0.394 e. The number of nitrogens with two attached hydrogens (primary N) is 1. The van der Waals surface area contributed by atoms with E-state index in [9.17, 15) is 4.79 Å². The molecule has 0 fully saturated rings. The van der Waals surface area contributed by atoms with Gasteiger partial charge in [0.05, 0.1) is 18.8 Å². The van der Waals surface area contributed by atoms with Gasteiger partial charge in [0, 0.05) is 0 Å². The Bertz CT molecular complexity index is 119. The Balaban J connectivity index is 3.66. The Labute approximate surface area is 64.4 Å². The minimum atomic E-state index is -1.22. The molecule has 0 saturated heterocycles. The molecule has 0 saturated carbocycles. The van der Waals surface area contributed by atoms with Crippen molar-refractivity contribution >= 4 is 6.29 Å². The van der Waals surface area contributed by atoms with E-state index in [2.05, 4.69) is 0 Å². The molecule has 0 radical (unpaired) electrons. The maximum atomic E-state index is 9.97. The largest absolute Gasteiger partial charge is 0.394 e. The first-order valence-electron chi connectivity index (χ1n) is 3.29. The van der Waals surface area contributed by atoms with Crippen LogP contribution in [0.15, 0.2) is 0 Å². The van der Waals surface area contributed by atoms with Gasteiger partial charge >= 0.3 is 0 Å². The molecule has 0 bridgehead atoms. The summed E-state index contributed by atoms with van der Waals surface area (Å²) in [5.74, 6) is 0. The van der Waals surface area contributed by atoms with Gasteiger partial charge in [-0.05, 0) is 6.42 Å². The monoisotopic (exact) mass is 163 g/mol. The molecule has 0 spiro atoms. The second-order valence-corrected chi connectivity index (χ2v) is 2.35. The molecule has 0 aromatic heterocycles. The van der Waals surface area contributed by atoms with Crippen molar-refractivity contribution in [1.29, 1.82) is 0 Å². The Morgan fingerprint density at radius 2 is 1.91 bits per heavy atom. The van der Waals surface area contributed by atoms with Gasteiger partial charge in [0.15, 0.2) is 0 Å². The Morgan fingerprint density at radius 1 is 1.36 bits per heavy atom. The molecule has 0 unspecified atom stereocenters. The number of carbonyl (C=O) groups excluding carboxylic acids is 1. The average Bonchev–Trinajstić information content (AvgIpc) is 2.02. The molecule has 0 rings (SSSR count). The van der Waals surface area contributed by atoms with Crippen LogP contribution in [0.1, 0.15) is 6.42 Å². The summed E-state index contributed by atoms with van der Waals surface area (Å²) < 4.78 is 0.